The van der Waals surface area contributed by atoms with Gasteiger partial charge in [0.25, 0.3) is 0 Å². The van der Waals surface area contributed by atoms with E-state index in [0.717, 1.165) is 25.2 Å². The molecule has 0 bridgehead atoms. The molecule has 0 fully saturated rings. The molecule has 0 aliphatic carbocycles. The number of hydrogen-bond acceptors (Lipinski definition) is 3. The minimum atomic E-state index is 0.712. The third kappa shape index (κ3) is 1.59. The maximum atomic E-state index is 10.4. The van der Waals surface area contributed by atoms with Gasteiger partial charge in [-0.1, -0.05) is 0 Å². The molecule has 0 unspecified atom stereocenters. The summed E-state index contributed by atoms with van der Waals surface area (Å²) in [4.78, 5) is 16.6. The normalized spacial score (nSPS) is 14.9. The van der Waals surface area contributed by atoms with Crippen LogP contribution in [-0.4, -0.2) is 25.7 Å². The maximum absolute atomic E-state index is 10.4. The van der Waals surface area contributed by atoms with Crippen LogP contribution in [0.4, 0.5) is 5.69 Å². The van der Waals surface area contributed by atoms with Crippen molar-refractivity contribution in [3.63, 3.8) is 0 Å². The molecule has 0 N–H and O–H groups in total. The highest BCUT2D eigenvalue weighted by Crippen LogP contribution is 2.15. The Labute approximate surface area is 76.7 Å². The molecule has 0 amide bonds. The lowest BCUT2D eigenvalue weighted by Gasteiger charge is -2.15. The summed E-state index contributed by atoms with van der Waals surface area (Å²) < 4.78 is 0. The number of carbonyl (C=O) groups is 1. The fraction of sp³-hybridized carbons (Fsp3) is 0.200. The number of hydrogen-bond donors (Lipinski definition) is 0. The molecular weight excluding hydrogens is 164 g/mol. The fourth-order valence-corrected chi connectivity index (χ4v) is 1.32. The highest BCUT2D eigenvalue weighted by molar-refractivity contribution is 5.76. The van der Waals surface area contributed by atoms with Gasteiger partial charge in [0.1, 0.15) is 13.0 Å². The standard InChI is InChI=1S/C10H10N2O/c13-7-9-1-3-10(4-2-9)12-6-5-11-8-12/h1-5,7H,6,8H2. The zero-order valence-electron chi connectivity index (χ0n) is 7.18. The Balaban J connectivity index is 2.17. The number of aliphatic imine (C=N–C) groups is 1. The van der Waals surface area contributed by atoms with Crippen molar-refractivity contribution in [2.45, 2.75) is 0 Å². The van der Waals surface area contributed by atoms with Gasteiger partial charge in [-0.3, -0.25) is 9.79 Å². The number of benzene rings is 1. The molecule has 0 saturated carbocycles. The largest absolute Gasteiger partial charge is 0.347 e. The zero-order valence-corrected chi connectivity index (χ0v) is 7.18. The van der Waals surface area contributed by atoms with E-state index in [4.69, 9.17) is 0 Å². The summed E-state index contributed by atoms with van der Waals surface area (Å²) in [5.41, 5.74) is 1.83. The second kappa shape index (κ2) is 3.39. The van der Waals surface area contributed by atoms with E-state index in [-0.39, 0.29) is 0 Å². The molecule has 1 aliphatic heterocycles. The first-order valence-corrected chi connectivity index (χ1v) is 4.18. The summed E-state index contributed by atoms with van der Waals surface area (Å²) in [6, 6.07) is 7.53. The van der Waals surface area contributed by atoms with Crippen molar-refractivity contribution in [1.29, 1.82) is 0 Å². The molecule has 2 rings (SSSR count). The fourth-order valence-electron chi connectivity index (χ4n) is 1.32. The average Bonchev–Trinajstić information content (AvgIpc) is 2.71. The first-order valence-electron chi connectivity index (χ1n) is 4.18. The lowest BCUT2D eigenvalue weighted by molar-refractivity contribution is 0.112. The van der Waals surface area contributed by atoms with E-state index in [1.165, 1.54) is 0 Å². The Kier molecular flexibility index (Phi) is 2.08. The van der Waals surface area contributed by atoms with Gasteiger partial charge in [-0.25, -0.2) is 0 Å². The third-order valence-corrected chi connectivity index (χ3v) is 2.08. The van der Waals surface area contributed by atoms with Crippen molar-refractivity contribution in [2.24, 2.45) is 4.99 Å². The maximum Gasteiger partial charge on any atom is 0.150 e. The highest BCUT2D eigenvalue weighted by Gasteiger charge is 2.07. The van der Waals surface area contributed by atoms with Gasteiger partial charge in [0.15, 0.2) is 0 Å². The summed E-state index contributed by atoms with van der Waals surface area (Å²) in [5.74, 6) is 0. The summed E-state index contributed by atoms with van der Waals surface area (Å²) in [5, 5.41) is 0. The van der Waals surface area contributed by atoms with Crippen molar-refractivity contribution in [1.82, 2.24) is 0 Å². The van der Waals surface area contributed by atoms with Crippen molar-refractivity contribution in [2.75, 3.05) is 18.1 Å². The van der Waals surface area contributed by atoms with Crippen LogP contribution in [0.3, 0.4) is 0 Å². The SMILES string of the molecule is O=Cc1ccc(N2CC=NC2)cc1. The van der Waals surface area contributed by atoms with Crippen molar-refractivity contribution in [3.8, 4) is 0 Å². The summed E-state index contributed by atoms with van der Waals surface area (Å²) in [6.45, 7) is 1.58. The van der Waals surface area contributed by atoms with E-state index in [9.17, 15) is 4.79 Å². The monoisotopic (exact) mass is 174 g/mol. The van der Waals surface area contributed by atoms with Crippen LogP contribution in [0.1, 0.15) is 10.4 Å². The summed E-state index contributed by atoms with van der Waals surface area (Å²) >= 11 is 0. The highest BCUT2D eigenvalue weighted by atomic mass is 16.1. The third-order valence-electron chi connectivity index (χ3n) is 2.08. The molecule has 0 atom stereocenters. The molecule has 0 spiro atoms. The summed E-state index contributed by atoms with van der Waals surface area (Å²) in [6.07, 6.45) is 2.75. The van der Waals surface area contributed by atoms with Crippen molar-refractivity contribution in [3.05, 3.63) is 29.8 Å². The van der Waals surface area contributed by atoms with E-state index >= 15 is 0 Å². The number of anilines is 1. The molecule has 0 saturated heterocycles. The zero-order chi connectivity index (χ0) is 9.10. The van der Waals surface area contributed by atoms with Gasteiger partial charge in [0.2, 0.25) is 0 Å². The van der Waals surface area contributed by atoms with E-state index < -0.39 is 0 Å². The Morgan fingerprint density at radius 2 is 2.08 bits per heavy atom. The van der Waals surface area contributed by atoms with E-state index in [1.807, 2.05) is 30.5 Å². The van der Waals surface area contributed by atoms with Crippen LogP contribution in [0.15, 0.2) is 29.3 Å². The molecule has 13 heavy (non-hydrogen) atoms. The van der Waals surface area contributed by atoms with E-state index in [2.05, 4.69) is 9.89 Å². The van der Waals surface area contributed by atoms with Crippen LogP contribution in [0.5, 0.6) is 0 Å². The van der Waals surface area contributed by atoms with Gasteiger partial charge in [-0.05, 0) is 24.3 Å². The Hall–Kier alpha value is -1.64. The topological polar surface area (TPSA) is 32.7 Å². The van der Waals surface area contributed by atoms with E-state index in [0.29, 0.717) is 5.56 Å². The minimum Gasteiger partial charge on any atom is -0.347 e. The molecule has 1 aliphatic rings. The van der Waals surface area contributed by atoms with Gasteiger partial charge in [0, 0.05) is 17.5 Å². The van der Waals surface area contributed by atoms with Gasteiger partial charge >= 0.3 is 0 Å². The Bertz CT molecular complexity index is 321. The number of nitrogens with zero attached hydrogens (tertiary/aromatic N) is 2. The second-order valence-corrected chi connectivity index (χ2v) is 2.94. The lowest BCUT2D eigenvalue weighted by Crippen LogP contribution is -2.19. The predicted molar refractivity (Wildman–Crippen MR) is 52.5 cm³/mol. The molecule has 3 heteroatoms. The van der Waals surface area contributed by atoms with Crippen LogP contribution < -0.4 is 4.90 Å². The van der Waals surface area contributed by atoms with Gasteiger partial charge in [0.05, 0.1) is 6.54 Å². The summed E-state index contributed by atoms with van der Waals surface area (Å²) in [7, 11) is 0. The molecule has 66 valence electrons. The molecule has 1 aromatic rings. The van der Waals surface area contributed by atoms with Gasteiger partial charge < -0.3 is 4.90 Å². The van der Waals surface area contributed by atoms with Crippen LogP contribution in [0, 0.1) is 0 Å². The molecule has 1 heterocycles. The van der Waals surface area contributed by atoms with Crippen LogP contribution in [-0.2, 0) is 0 Å². The number of rotatable bonds is 2. The lowest BCUT2D eigenvalue weighted by atomic mass is 10.2. The molecular formula is C10H10N2O. The number of carbonyl (C=O) groups excluding carboxylic acids is 1. The van der Waals surface area contributed by atoms with E-state index in [1.54, 1.807) is 0 Å². The van der Waals surface area contributed by atoms with Crippen molar-refractivity contribution < 1.29 is 4.79 Å². The van der Waals surface area contributed by atoms with Crippen LogP contribution >= 0.6 is 0 Å². The predicted octanol–water partition coefficient (Wildman–Crippen LogP) is 1.35. The van der Waals surface area contributed by atoms with Crippen LogP contribution in [0.25, 0.3) is 0 Å². The average molecular weight is 174 g/mol. The Morgan fingerprint density at radius 1 is 1.31 bits per heavy atom. The van der Waals surface area contributed by atoms with Crippen LogP contribution in [0.2, 0.25) is 0 Å². The van der Waals surface area contributed by atoms with Crippen molar-refractivity contribution >= 4 is 18.2 Å². The molecule has 0 aromatic heterocycles. The molecule has 0 radical (unpaired) electrons. The molecule has 3 nitrogen and oxygen atoms in total. The number of aldehydes is 1. The second-order valence-electron chi connectivity index (χ2n) is 2.94. The minimum absolute atomic E-state index is 0.712. The quantitative estimate of drug-likeness (QED) is 0.634. The first kappa shape index (κ1) is 7.98. The van der Waals surface area contributed by atoms with Gasteiger partial charge in [-0.15, -0.1) is 0 Å². The molecule has 1 aromatic carbocycles. The Morgan fingerprint density at radius 3 is 2.62 bits per heavy atom. The smallest absolute Gasteiger partial charge is 0.150 e. The van der Waals surface area contributed by atoms with Gasteiger partial charge in [-0.2, -0.15) is 0 Å². The first-order chi connectivity index (χ1) is 6.40.